The second-order valence-electron chi connectivity index (χ2n) is 10.3. The predicted molar refractivity (Wildman–Crippen MR) is 171 cm³/mol. The lowest BCUT2D eigenvalue weighted by Crippen LogP contribution is -2.07. The first-order valence-electron chi connectivity index (χ1n) is 13.8. The Bertz CT molecular complexity index is 1700. The molecule has 0 radical (unpaired) electrons. The third-order valence-corrected chi connectivity index (χ3v) is 9.88. The Balaban J connectivity index is 1.30. The van der Waals surface area contributed by atoms with Gasteiger partial charge in [-0.15, -0.1) is 0 Å². The standard InChI is InChI=1S/C39H33S/c1-29-11-9-10-16-39(29)40(37-24-21-35(22-25-37)33-14-7-4-8-15-33)38-26-23-36(30(2)27-38)28-31-17-19-34(20-18-31)32-12-5-3-6-13-32/h3-27H,28H2,1-2H3/q+1. The van der Waals surface area contributed by atoms with Crippen molar-refractivity contribution < 1.29 is 0 Å². The molecule has 6 aromatic carbocycles. The third-order valence-electron chi connectivity index (χ3n) is 7.52. The van der Waals surface area contributed by atoms with E-state index in [1.807, 2.05) is 0 Å². The maximum Gasteiger partial charge on any atom is 0.169 e. The molecular weight excluding hydrogens is 500 g/mol. The fraction of sp³-hybridized carbons (Fsp3) is 0.0769. The van der Waals surface area contributed by atoms with Gasteiger partial charge in [-0.25, -0.2) is 0 Å². The van der Waals surface area contributed by atoms with Gasteiger partial charge < -0.3 is 0 Å². The summed E-state index contributed by atoms with van der Waals surface area (Å²) >= 11 is 0. The Kier molecular flexibility index (Phi) is 7.66. The van der Waals surface area contributed by atoms with Crippen LogP contribution >= 0.6 is 0 Å². The van der Waals surface area contributed by atoms with E-state index in [2.05, 4.69) is 166 Å². The van der Waals surface area contributed by atoms with Crippen LogP contribution in [0.25, 0.3) is 22.3 Å². The summed E-state index contributed by atoms with van der Waals surface area (Å²) in [5.74, 6) is 0. The summed E-state index contributed by atoms with van der Waals surface area (Å²) in [7, 11) is -0.180. The van der Waals surface area contributed by atoms with Gasteiger partial charge in [-0.2, -0.15) is 0 Å². The van der Waals surface area contributed by atoms with E-state index < -0.39 is 0 Å². The van der Waals surface area contributed by atoms with Crippen molar-refractivity contribution in [2.75, 3.05) is 0 Å². The predicted octanol–water partition coefficient (Wildman–Crippen LogP) is 10.3. The number of hydrogen-bond acceptors (Lipinski definition) is 0. The molecule has 0 aliphatic heterocycles. The summed E-state index contributed by atoms with van der Waals surface area (Å²) in [6, 6.07) is 55.3. The molecule has 1 atom stereocenters. The van der Waals surface area contributed by atoms with E-state index in [9.17, 15) is 0 Å². The Morgan fingerprint density at radius 3 is 1.50 bits per heavy atom. The highest BCUT2D eigenvalue weighted by Crippen LogP contribution is 2.35. The van der Waals surface area contributed by atoms with Crippen LogP contribution in [0.4, 0.5) is 0 Å². The molecule has 6 rings (SSSR count). The normalized spacial score (nSPS) is 11.8. The van der Waals surface area contributed by atoms with Crippen molar-refractivity contribution in [3.8, 4) is 22.3 Å². The molecule has 0 nitrogen and oxygen atoms in total. The van der Waals surface area contributed by atoms with E-state index in [1.165, 1.54) is 59.2 Å². The van der Waals surface area contributed by atoms with Gasteiger partial charge in [0.2, 0.25) is 0 Å². The molecule has 1 unspecified atom stereocenters. The van der Waals surface area contributed by atoms with Gasteiger partial charge in [0.25, 0.3) is 0 Å². The monoisotopic (exact) mass is 533 g/mol. The fourth-order valence-electron chi connectivity index (χ4n) is 5.25. The van der Waals surface area contributed by atoms with Gasteiger partial charge in [0.1, 0.15) is 0 Å². The van der Waals surface area contributed by atoms with Gasteiger partial charge in [0, 0.05) is 5.56 Å². The summed E-state index contributed by atoms with van der Waals surface area (Å²) in [5, 5.41) is 0. The molecule has 194 valence electrons. The smallest absolute Gasteiger partial charge is 0.0622 e. The number of benzene rings is 6. The lowest BCUT2D eigenvalue weighted by Gasteiger charge is -2.13. The number of aryl methyl sites for hydroxylation is 2. The van der Waals surface area contributed by atoms with Crippen molar-refractivity contribution in [2.45, 2.75) is 35.0 Å². The van der Waals surface area contributed by atoms with Crippen molar-refractivity contribution in [2.24, 2.45) is 0 Å². The summed E-state index contributed by atoms with van der Waals surface area (Å²) in [6.07, 6.45) is 0.936. The molecule has 0 saturated carbocycles. The minimum Gasteiger partial charge on any atom is -0.0622 e. The van der Waals surface area contributed by atoms with Crippen molar-refractivity contribution >= 4 is 10.9 Å². The molecule has 1 heteroatoms. The number of hydrogen-bond donors (Lipinski definition) is 0. The van der Waals surface area contributed by atoms with Crippen LogP contribution < -0.4 is 0 Å². The van der Waals surface area contributed by atoms with Crippen molar-refractivity contribution in [1.29, 1.82) is 0 Å². The van der Waals surface area contributed by atoms with Crippen molar-refractivity contribution in [3.05, 3.63) is 174 Å². The van der Waals surface area contributed by atoms with Gasteiger partial charge in [0.05, 0.1) is 10.9 Å². The molecule has 0 saturated heterocycles. The maximum absolute atomic E-state index is 2.41. The molecule has 0 spiro atoms. The SMILES string of the molecule is Cc1cc([S+](c2ccc(-c3ccccc3)cc2)c2ccccc2C)ccc1Cc1ccc(-c2ccccc2)cc1. The molecule has 0 bridgehead atoms. The largest absolute Gasteiger partial charge is 0.169 e. The van der Waals surface area contributed by atoms with Gasteiger partial charge in [-0.3, -0.25) is 0 Å². The van der Waals surface area contributed by atoms with Crippen LogP contribution in [0.2, 0.25) is 0 Å². The van der Waals surface area contributed by atoms with E-state index in [4.69, 9.17) is 0 Å². The highest BCUT2D eigenvalue weighted by atomic mass is 32.2. The Labute approximate surface area is 241 Å². The highest BCUT2D eigenvalue weighted by Gasteiger charge is 2.30. The lowest BCUT2D eigenvalue weighted by atomic mass is 9.98. The molecule has 0 fully saturated rings. The van der Waals surface area contributed by atoms with Crippen molar-refractivity contribution in [1.82, 2.24) is 0 Å². The van der Waals surface area contributed by atoms with E-state index in [0.717, 1.165) is 6.42 Å². The minimum atomic E-state index is -0.180. The molecule has 0 amide bonds. The molecule has 0 aliphatic rings. The molecule has 6 aromatic rings. The first-order valence-corrected chi connectivity index (χ1v) is 15.1. The van der Waals surface area contributed by atoms with E-state index in [-0.39, 0.29) is 10.9 Å². The summed E-state index contributed by atoms with van der Waals surface area (Å²) in [6.45, 7) is 4.49. The molecule has 0 aliphatic carbocycles. The number of rotatable bonds is 7. The quantitative estimate of drug-likeness (QED) is 0.179. The molecule has 0 heterocycles. The van der Waals surface area contributed by atoms with Gasteiger partial charge in [-0.1, -0.05) is 109 Å². The van der Waals surface area contributed by atoms with Gasteiger partial charge in [0.15, 0.2) is 14.7 Å². The zero-order valence-electron chi connectivity index (χ0n) is 23.0. The Morgan fingerprint density at radius 1 is 0.425 bits per heavy atom. The molecule has 0 aromatic heterocycles. The van der Waals surface area contributed by atoms with Crippen LogP contribution in [-0.2, 0) is 17.3 Å². The highest BCUT2D eigenvalue weighted by molar-refractivity contribution is 7.97. The molecule has 40 heavy (non-hydrogen) atoms. The second-order valence-corrected chi connectivity index (χ2v) is 12.3. The van der Waals surface area contributed by atoms with Gasteiger partial charge in [-0.05, 0) is 102 Å². The average molecular weight is 534 g/mol. The van der Waals surface area contributed by atoms with Crippen molar-refractivity contribution in [3.63, 3.8) is 0 Å². The van der Waals surface area contributed by atoms with Gasteiger partial charge >= 0.3 is 0 Å². The van der Waals surface area contributed by atoms with E-state index in [0.29, 0.717) is 0 Å². The van der Waals surface area contributed by atoms with Crippen LogP contribution in [0.1, 0.15) is 22.3 Å². The lowest BCUT2D eigenvalue weighted by molar-refractivity contribution is 1.13. The topological polar surface area (TPSA) is 0 Å². The van der Waals surface area contributed by atoms with Crippen LogP contribution in [0.5, 0.6) is 0 Å². The minimum absolute atomic E-state index is 0.180. The van der Waals surface area contributed by atoms with E-state index in [1.54, 1.807) is 0 Å². The summed E-state index contributed by atoms with van der Waals surface area (Å²) in [5.41, 5.74) is 10.4. The summed E-state index contributed by atoms with van der Waals surface area (Å²) in [4.78, 5) is 4.10. The zero-order chi connectivity index (χ0) is 27.3. The maximum atomic E-state index is 2.41. The Morgan fingerprint density at radius 2 is 0.925 bits per heavy atom. The third kappa shape index (κ3) is 5.66. The zero-order valence-corrected chi connectivity index (χ0v) is 23.9. The Hall–Kier alpha value is -4.33. The fourth-order valence-corrected chi connectivity index (χ4v) is 7.54. The van der Waals surface area contributed by atoms with E-state index >= 15 is 0 Å². The van der Waals surface area contributed by atoms with Crippen LogP contribution in [0.15, 0.2) is 166 Å². The summed E-state index contributed by atoms with van der Waals surface area (Å²) < 4.78 is 0. The average Bonchev–Trinajstić information content (AvgIpc) is 3.01. The first kappa shape index (κ1) is 25.9. The van der Waals surface area contributed by atoms with Crippen LogP contribution in [0, 0.1) is 13.8 Å². The first-order chi connectivity index (χ1) is 19.7. The van der Waals surface area contributed by atoms with Crippen LogP contribution in [0.3, 0.4) is 0 Å². The second kappa shape index (κ2) is 11.8. The van der Waals surface area contributed by atoms with Crippen LogP contribution in [-0.4, -0.2) is 0 Å². The molecule has 0 N–H and O–H groups in total. The molecular formula is C39H33S+.